The lowest BCUT2D eigenvalue weighted by atomic mass is 10.1. The molecule has 3 rings (SSSR count). The van der Waals surface area contributed by atoms with Crippen molar-refractivity contribution in [2.24, 2.45) is 0 Å². The van der Waals surface area contributed by atoms with Crippen molar-refractivity contribution in [3.63, 3.8) is 0 Å². The molecule has 3 nitrogen and oxygen atoms in total. The molecule has 20 heavy (non-hydrogen) atoms. The summed E-state index contributed by atoms with van der Waals surface area (Å²) in [5.74, 6) is 0.0102. The number of aromatic nitrogens is 1. The fraction of sp³-hybridized carbons (Fsp3) is 0.125. The van der Waals surface area contributed by atoms with Crippen LogP contribution in [0, 0.1) is 11.3 Å². The first kappa shape index (κ1) is 12.6. The number of nitrogens with one attached hydrogen (secondary N) is 1. The van der Waals surface area contributed by atoms with Crippen molar-refractivity contribution in [1.82, 2.24) is 4.98 Å². The van der Waals surface area contributed by atoms with Gasteiger partial charge < -0.3 is 4.98 Å². The highest BCUT2D eigenvalue weighted by Gasteiger charge is 2.16. The summed E-state index contributed by atoms with van der Waals surface area (Å²) in [4.78, 5) is 17.6. The van der Waals surface area contributed by atoms with Gasteiger partial charge in [0.25, 0.3) is 0 Å². The van der Waals surface area contributed by atoms with Gasteiger partial charge >= 0.3 is 0 Å². The van der Waals surface area contributed by atoms with Crippen LogP contribution in [0.2, 0.25) is 0 Å². The molecule has 1 aromatic carbocycles. The molecule has 3 aromatic rings. The summed E-state index contributed by atoms with van der Waals surface area (Å²) in [7, 11) is 0. The quantitative estimate of drug-likeness (QED) is 0.740. The highest BCUT2D eigenvalue weighted by Crippen LogP contribution is 2.25. The van der Waals surface area contributed by atoms with Crippen LogP contribution in [-0.4, -0.2) is 10.8 Å². The van der Waals surface area contributed by atoms with E-state index in [0.717, 1.165) is 22.2 Å². The first-order chi connectivity index (χ1) is 9.72. The van der Waals surface area contributed by atoms with Gasteiger partial charge in [-0.05, 0) is 36.8 Å². The van der Waals surface area contributed by atoms with E-state index in [1.807, 2.05) is 18.2 Å². The Hall–Kier alpha value is -2.38. The Labute approximate surface area is 120 Å². The van der Waals surface area contributed by atoms with Crippen LogP contribution in [0.25, 0.3) is 10.9 Å². The molecule has 0 aliphatic rings. The van der Waals surface area contributed by atoms with Crippen LogP contribution in [0.3, 0.4) is 0 Å². The first-order valence-electron chi connectivity index (χ1n) is 6.37. The van der Waals surface area contributed by atoms with Gasteiger partial charge in [-0.25, -0.2) is 0 Å². The minimum Gasteiger partial charge on any atom is -0.360 e. The van der Waals surface area contributed by atoms with Crippen LogP contribution in [0.5, 0.6) is 0 Å². The Bertz CT molecular complexity index is 836. The van der Waals surface area contributed by atoms with Crippen LogP contribution in [0.15, 0.2) is 36.5 Å². The van der Waals surface area contributed by atoms with Crippen LogP contribution >= 0.6 is 11.3 Å². The fourth-order valence-electron chi connectivity index (χ4n) is 2.20. The van der Waals surface area contributed by atoms with Gasteiger partial charge in [0.2, 0.25) is 5.78 Å². The maximum atomic E-state index is 12.6. The average Bonchev–Trinajstić information content (AvgIpc) is 3.12. The van der Waals surface area contributed by atoms with Gasteiger partial charge in [0.15, 0.2) is 0 Å². The van der Waals surface area contributed by atoms with E-state index in [4.69, 9.17) is 5.26 Å². The molecule has 0 unspecified atom stereocenters. The predicted octanol–water partition coefficient (Wildman–Crippen LogP) is 3.89. The van der Waals surface area contributed by atoms with Crippen LogP contribution < -0.4 is 0 Å². The zero-order valence-corrected chi connectivity index (χ0v) is 11.8. The Morgan fingerprint density at radius 1 is 1.35 bits per heavy atom. The number of hydrogen-bond donors (Lipinski definition) is 1. The molecule has 0 fully saturated rings. The number of ketones is 1. The SMILES string of the molecule is CCc1ccc(C(=O)c2c[nH]c3ccc(C#N)cc23)s1. The van der Waals surface area contributed by atoms with E-state index >= 15 is 0 Å². The molecular formula is C16H12N2OS. The molecule has 0 spiro atoms. The van der Waals surface area contributed by atoms with Gasteiger partial charge in [-0.3, -0.25) is 4.79 Å². The zero-order valence-electron chi connectivity index (χ0n) is 10.9. The minimum absolute atomic E-state index is 0.0102. The third kappa shape index (κ3) is 2.02. The lowest BCUT2D eigenvalue weighted by Gasteiger charge is -1.97. The molecule has 0 radical (unpaired) electrons. The Morgan fingerprint density at radius 3 is 2.90 bits per heavy atom. The number of nitrogens with zero attached hydrogens (tertiary/aromatic N) is 1. The number of thiophene rings is 1. The van der Waals surface area contributed by atoms with Crippen molar-refractivity contribution in [1.29, 1.82) is 5.26 Å². The summed E-state index contributed by atoms with van der Waals surface area (Å²) in [6.07, 6.45) is 2.66. The summed E-state index contributed by atoms with van der Waals surface area (Å²) in [5.41, 5.74) is 2.06. The summed E-state index contributed by atoms with van der Waals surface area (Å²) in [6, 6.07) is 11.3. The number of hydrogen-bond acceptors (Lipinski definition) is 3. The maximum absolute atomic E-state index is 12.6. The monoisotopic (exact) mass is 280 g/mol. The summed E-state index contributed by atoms with van der Waals surface area (Å²) < 4.78 is 0. The van der Waals surface area contributed by atoms with Gasteiger partial charge in [-0.2, -0.15) is 5.26 Å². The number of benzene rings is 1. The molecule has 0 aliphatic carbocycles. The molecule has 4 heteroatoms. The molecular weight excluding hydrogens is 268 g/mol. The second-order valence-electron chi connectivity index (χ2n) is 4.52. The van der Waals surface area contributed by atoms with Gasteiger partial charge in [-0.1, -0.05) is 6.92 Å². The van der Waals surface area contributed by atoms with E-state index in [2.05, 4.69) is 18.0 Å². The summed E-state index contributed by atoms with van der Waals surface area (Å²) >= 11 is 1.53. The largest absolute Gasteiger partial charge is 0.360 e. The normalized spacial score (nSPS) is 10.6. The standard InChI is InChI=1S/C16H12N2OS/c1-2-11-4-6-15(20-11)16(19)13-9-18-14-5-3-10(8-17)7-12(13)14/h3-7,9,18H,2H2,1H3. The van der Waals surface area contributed by atoms with E-state index in [1.54, 1.807) is 18.3 Å². The van der Waals surface area contributed by atoms with Crippen molar-refractivity contribution in [3.05, 3.63) is 57.4 Å². The highest BCUT2D eigenvalue weighted by molar-refractivity contribution is 7.14. The molecule has 2 heterocycles. The number of aromatic amines is 1. The van der Waals surface area contributed by atoms with Gasteiger partial charge in [-0.15, -0.1) is 11.3 Å². The third-order valence-electron chi connectivity index (χ3n) is 3.29. The van der Waals surface area contributed by atoms with E-state index in [-0.39, 0.29) is 5.78 Å². The second kappa shape index (κ2) is 4.95. The number of aryl methyl sites for hydroxylation is 1. The Balaban J connectivity index is 2.09. The molecule has 0 aliphatic heterocycles. The number of carbonyl (C=O) groups excluding carboxylic acids is 1. The van der Waals surface area contributed by atoms with E-state index in [0.29, 0.717) is 11.1 Å². The van der Waals surface area contributed by atoms with Crippen LogP contribution in [-0.2, 0) is 6.42 Å². The van der Waals surface area contributed by atoms with Crippen molar-refractivity contribution < 1.29 is 4.79 Å². The summed E-state index contributed by atoms with van der Waals surface area (Å²) in [6.45, 7) is 2.07. The zero-order chi connectivity index (χ0) is 14.1. The molecule has 2 aromatic heterocycles. The average molecular weight is 280 g/mol. The van der Waals surface area contributed by atoms with Crippen LogP contribution in [0.1, 0.15) is 32.6 Å². The molecule has 0 saturated heterocycles. The minimum atomic E-state index is 0.0102. The predicted molar refractivity (Wildman–Crippen MR) is 80.1 cm³/mol. The van der Waals surface area contributed by atoms with Crippen molar-refractivity contribution in [2.45, 2.75) is 13.3 Å². The molecule has 98 valence electrons. The number of carbonyl (C=O) groups is 1. The van der Waals surface area contributed by atoms with E-state index in [1.165, 1.54) is 16.2 Å². The Kier molecular flexibility index (Phi) is 3.13. The van der Waals surface area contributed by atoms with E-state index < -0.39 is 0 Å². The Morgan fingerprint density at radius 2 is 2.20 bits per heavy atom. The third-order valence-corrected chi connectivity index (χ3v) is 4.52. The van der Waals surface area contributed by atoms with Gasteiger partial charge in [0.1, 0.15) is 0 Å². The van der Waals surface area contributed by atoms with Crippen LogP contribution in [0.4, 0.5) is 0 Å². The van der Waals surface area contributed by atoms with Crippen molar-refractivity contribution in [3.8, 4) is 6.07 Å². The van der Waals surface area contributed by atoms with Crippen molar-refractivity contribution >= 4 is 28.0 Å². The number of rotatable bonds is 3. The molecule has 0 atom stereocenters. The number of nitriles is 1. The lowest BCUT2D eigenvalue weighted by molar-refractivity contribution is 0.104. The second-order valence-corrected chi connectivity index (χ2v) is 5.69. The lowest BCUT2D eigenvalue weighted by Crippen LogP contribution is -1.97. The molecule has 0 bridgehead atoms. The molecule has 0 amide bonds. The highest BCUT2D eigenvalue weighted by atomic mass is 32.1. The first-order valence-corrected chi connectivity index (χ1v) is 7.19. The van der Waals surface area contributed by atoms with Gasteiger partial charge in [0.05, 0.1) is 16.5 Å². The van der Waals surface area contributed by atoms with Gasteiger partial charge in [0, 0.05) is 27.5 Å². The molecule has 1 N–H and O–H groups in total. The topological polar surface area (TPSA) is 56.6 Å². The molecule has 0 saturated carbocycles. The number of fused-ring (bicyclic) bond motifs is 1. The maximum Gasteiger partial charge on any atom is 0.205 e. The fourth-order valence-corrected chi connectivity index (χ4v) is 3.10. The smallest absolute Gasteiger partial charge is 0.205 e. The summed E-state index contributed by atoms with van der Waals surface area (Å²) in [5, 5.41) is 9.78. The van der Waals surface area contributed by atoms with Crippen molar-refractivity contribution in [2.75, 3.05) is 0 Å². The van der Waals surface area contributed by atoms with E-state index in [9.17, 15) is 4.79 Å². The number of H-pyrrole nitrogens is 1.